The van der Waals surface area contributed by atoms with Crippen molar-refractivity contribution in [3.8, 4) is 0 Å². The van der Waals surface area contributed by atoms with E-state index in [0.29, 0.717) is 25.8 Å². The van der Waals surface area contributed by atoms with Gasteiger partial charge in [0.2, 0.25) is 5.91 Å². The van der Waals surface area contributed by atoms with Gasteiger partial charge in [0.05, 0.1) is 4.90 Å². The van der Waals surface area contributed by atoms with Crippen molar-refractivity contribution < 1.29 is 18.3 Å². The Morgan fingerprint density at radius 1 is 1.19 bits per heavy atom. The molecule has 0 saturated carbocycles. The molecule has 0 aliphatic carbocycles. The molecule has 0 aliphatic rings. The van der Waals surface area contributed by atoms with E-state index in [1.165, 1.54) is 11.1 Å². The molecule has 0 bridgehead atoms. The largest absolute Gasteiger partial charge is 0.396 e. The quantitative estimate of drug-likeness (QED) is 0.648. The topological polar surface area (TPSA) is 83.5 Å². The van der Waals surface area contributed by atoms with Crippen LogP contribution in [-0.2, 0) is 21.1 Å². The number of hydrogen-bond donors (Lipinski definition) is 2. The van der Waals surface area contributed by atoms with Crippen LogP contribution in [0.1, 0.15) is 35.6 Å². The number of carbonyl (C=O) groups is 1. The van der Waals surface area contributed by atoms with Crippen LogP contribution in [0.2, 0.25) is 0 Å². The summed E-state index contributed by atoms with van der Waals surface area (Å²) in [5, 5.41) is 14.2. The van der Waals surface area contributed by atoms with Gasteiger partial charge in [0, 0.05) is 30.7 Å². The van der Waals surface area contributed by atoms with Crippen molar-refractivity contribution in [1.29, 1.82) is 0 Å². The van der Waals surface area contributed by atoms with Crippen LogP contribution in [0.15, 0.2) is 46.7 Å². The Balaban J connectivity index is 1.75. The van der Waals surface area contributed by atoms with Crippen LogP contribution >= 0.6 is 11.3 Å². The normalized spacial score (nSPS) is 12.7. The molecule has 0 saturated heterocycles. The predicted octanol–water partition coefficient (Wildman–Crippen LogP) is 2.76. The van der Waals surface area contributed by atoms with E-state index in [9.17, 15) is 18.3 Å². The molecule has 1 aromatic heterocycles. The van der Waals surface area contributed by atoms with E-state index >= 15 is 0 Å². The van der Waals surface area contributed by atoms with Crippen molar-refractivity contribution in [2.45, 2.75) is 36.5 Å². The zero-order valence-electron chi connectivity index (χ0n) is 14.8. The second-order valence-corrected chi connectivity index (χ2v) is 9.27. The minimum absolute atomic E-state index is 0.0221. The fourth-order valence-electron chi connectivity index (χ4n) is 2.74. The van der Waals surface area contributed by atoms with Crippen LogP contribution in [0.25, 0.3) is 0 Å². The maximum Gasteiger partial charge on any atom is 0.220 e. The summed E-state index contributed by atoms with van der Waals surface area (Å²) in [6, 6.07) is 10.7. The monoisotopic (exact) mass is 395 g/mol. The third-order valence-electron chi connectivity index (χ3n) is 4.23. The summed E-state index contributed by atoms with van der Waals surface area (Å²) in [6.07, 6.45) is 3.61. The second-order valence-electron chi connectivity index (χ2n) is 6.28. The highest BCUT2D eigenvalue weighted by molar-refractivity contribution is 7.90. The molecule has 2 N–H and O–H groups in total. The number of aliphatic hydroxyl groups excluding tert-OH is 1. The molecule has 142 valence electrons. The zero-order valence-corrected chi connectivity index (χ0v) is 16.5. The standard InChI is InChI=1S/C19H25NO4S2/c1-26(23,24)17-7-4-15(5-8-17)6-9-19(22)20-12-10-16(11-13-21)18-3-2-14-25-18/h2-5,7-8,14,16,21H,6,9-13H2,1H3,(H,20,22)/t16-/m0/s1. The fraction of sp³-hybridized carbons (Fsp3) is 0.421. The molecule has 2 aromatic rings. The molecule has 0 unspecified atom stereocenters. The van der Waals surface area contributed by atoms with Gasteiger partial charge in [0.25, 0.3) is 0 Å². The second kappa shape index (κ2) is 9.85. The number of hydrogen-bond acceptors (Lipinski definition) is 5. The molecule has 7 heteroatoms. The van der Waals surface area contributed by atoms with Crippen LogP contribution < -0.4 is 5.32 Å². The van der Waals surface area contributed by atoms with Crippen molar-refractivity contribution in [2.75, 3.05) is 19.4 Å². The molecule has 1 atom stereocenters. The first kappa shape index (κ1) is 20.6. The summed E-state index contributed by atoms with van der Waals surface area (Å²) < 4.78 is 22.9. The van der Waals surface area contributed by atoms with Gasteiger partial charge in [-0.1, -0.05) is 18.2 Å². The third-order valence-corrected chi connectivity index (χ3v) is 6.39. The number of amides is 1. The molecule has 1 aromatic carbocycles. The van der Waals surface area contributed by atoms with Gasteiger partial charge in [0.1, 0.15) is 0 Å². The van der Waals surface area contributed by atoms with Gasteiger partial charge in [-0.15, -0.1) is 11.3 Å². The third kappa shape index (κ3) is 6.55. The molecule has 1 amide bonds. The Bertz CT molecular complexity index is 783. The van der Waals surface area contributed by atoms with E-state index in [1.807, 2.05) is 11.4 Å². The van der Waals surface area contributed by atoms with Crippen molar-refractivity contribution in [2.24, 2.45) is 0 Å². The van der Waals surface area contributed by atoms with Gasteiger partial charge in [0.15, 0.2) is 9.84 Å². The Hall–Kier alpha value is -1.70. The SMILES string of the molecule is CS(=O)(=O)c1ccc(CCC(=O)NCC[C@@H](CCO)c2cccs2)cc1. The molecular weight excluding hydrogens is 370 g/mol. The highest BCUT2D eigenvalue weighted by Crippen LogP contribution is 2.26. The van der Waals surface area contributed by atoms with Gasteiger partial charge in [-0.3, -0.25) is 4.79 Å². The van der Waals surface area contributed by atoms with Crippen LogP contribution in [-0.4, -0.2) is 38.8 Å². The molecule has 2 rings (SSSR count). The molecule has 0 fully saturated rings. The predicted molar refractivity (Wildman–Crippen MR) is 104 cm³/mol. The van der Waals surface area contributed by atoms with Crippen LogP contribution in [0.5, 0.6) is 0 Å². The number of rotatable bonds is 10. The maximum absolute atomic E-state index is 12.0. The molecule has 5 nitrogen and oxygen atoms in total. The van der Waals surface area contributed by atoms with E-state index in [-0.39, 0.29) is 23.3 Å². The van der Waals surface area contributed by atoms with Gasteiger partial charge in [-0.25, -0.2) is 8.42 Å². The van der Waals surface area contributed by atoms with Crippen molar-refractivity contribution >= 4 is 27.1 Å². The number of aryl methyl sites for hydroxylation is 1. The van der Waals surface area contributed by atoms with E-state index in [1.54, 1.807) is 35.6 Å². The molecule has 26 heavy (non-hydrogen) atoms. The summed E-state index contributed by atoms with van der Waals surface area (Å²) in [5.74, 6) is 0.245. The first-order valence-corrected chi connectivity index (χ1v) is 11.4. The van der Waals surface area contributed by atoms with Gasteiger partial charge in [-0.05, 0) is 54.3 Å². The smallest absolute Gasteiger partial charge is 0.220 e. The highest BCUT2D eigenvalue weighted by atomic mass is 32.2. The van der Waals surface area contributed by atoms with Gasteiger partial charge < -0.3 is 10.4 Å². The number of thiophene rings is 1. The number of aliphatic hydroxyl groups is 1. The average molecular weight is 396 g/mol. The van der Waals surface area contributed by atoms with Crippen molar-refractivity contribution in [3.63, 3.8) is 0 Å². The van der Waals surface area contributed by atoms with E-state index in [0.717, 1.165) is 12.0 Å². The Labute approximate surface area is 159 Å². The minimum atomic E-state index is -3.19. The van der Waals surface area contributed by atoms with E-state index in [2.05, 4.69) is 11.4 Å². The van der Waals surface area contributed by atoms with Gasteiger partial charge >= 0.3 is 0 Å². The fourth-order valence-corrected chi connectivity index (χ4v) is 4.27. The average Bonchev–Trinajstić information content (AvgIpc) is 3.13. The van der Waals surface area contributed by atoms with Crippen LogP contribution in [0, 0.1) is 0 Å². The molecule has 0 radical (unpaired) electrons. The van der Waals surface area contributed by atoms with Crippen LogP contribution in [0.4, 0.5) is 0 Å². The lowest BCUT2D eigenvalue weighted by Gasteiger charge is -2.14. The van der Waals surface area contributed by atoms with Crippen molar-refractivity contribution in [1.82, 2.24) is 5.32 Å². The summed E-state index contributed by atoms with van der Waals surface area (Å²) >= 11 is 1.67. The number of benzene rings is 1. The van der Waals surface area contributed by atoms with E-state index < -0.39 is 9.84 Å². The summed E-state index contributed by atoms with van der Waals surface area (Å²) in [5.41, 5.74) is 0.935. The Morgan fingerprint density at radius 2 is 1.92 bits per heavy atom. The zero-order chi connectivity index (χ0) is 19.0. The summed E-state index contributed by atoms with van der Waals surface area (Å²) in [7, 11) is -3.19. The maximum atomic E-state index is 12.0. The summed E-state index contributed by atoms with van der Waals surface area (Å²) in [6.45, 7) is 0.717. The van der Waals surface area contributed by atoms with Crippen molar-refractivity contribution in [3.05, 3.63) is 52.2 Å². The molecule has 0 aliphatic heterocycles. The first-order chi connectivity index (χ1) is 12.4. The summed E-state index contributed by atoms with van der Waals surface area (Å²) in [4.78, 5) is 13.5. The Morgan fingerprint density at radius 3 is 2.50 bits per heavy atom. The number of sulfone groups is 1. The number of nitrogens with one attached hydrogen (secondary N) is 1. The van der Waals surface area contributed by atoms with Gasteiger partial charge in [-0.2, -0.15) is 0 Å². The Kier molecular flexibility index (Phi) is 7.81. The molecule has 1 heterocycles. The lowest BCUT2D eigenvalue weighted by Crippen LogP contribution is -2.26. The number of carbonyl (C=O) groups excluding carboxylic acids is 1. The lowest BCUT2D eigenvalue weighted by atomic mass is 10.00. The highest BCUT2D eigenvalue weighted by Gasteiger charge is 2.13. The lowest BCUT2D eigenvalue weighted by molar-refractivity contribution is -0.121. The molecule has 0 spiro atoms. The van der Waals surface area contributed by atoms with Crippen LogP contribution in [0.3, 0.4) is 0 Å². The van der Waals surface area contributed by atoms with E-state index in [4.69, 9.17) is 0 Å². The first-order valence-electron chi connectivity index (χ1n) is 8.60. The molecular formula is C19H25NO4S2. The minimum Gasteiger partial charge on any atom is -0.396 e.